The molecule has 1 unspecified atom stereocenters. The van der Waals surface area contributed by atoms with Crippen molar-refractivity contribution in [1.82, 2.24) is 10.2 Å². The molecule has 1 heterocycles. The highest BCUT2D eigenvalue weighted by Gasteiger charge is 2.37. The molecule has 0 saturated carbocycles. The molecule has 19 heavy (non-hydrogen) atoms. The van der Waals surface area contributed by atoms with E-state index in [4.69, 9.17) is 0 Å². The number of benzene rings is 1. The number of barbiturate groups is 1. The summed E-state index contributed by atoms with van der Waals surface area (Å²) in [5.41, 5.74) is 2.06. The van der Waals surface area contributed by atoms with Gasteiger partial charge >= 0.3 is 6.03 Å². The zero-order chi connectivity index (χ0) is 14.0. The molecule has 1 aliphatic heterocycles. The van der Waals surface area contributed by atoms with Gasteiger partial charge in [0.25, 0.3) is 0 Å². The van der Waals surface area contributed by atoms with Crippen LogP contribution >= 0.6 is 0 Å². The van der Waals surface area contributed by atoms with Crippen molar-refractivity contribution >= 4 is 17.8 Å². The second-order valence-electron chi connectivity index (χ2n) is 4.61. The molecule has 1 fully saturated rings. The van der Waals surface area contributed by atoms with Gasteiger partial charge in [-0.1, -0.05) is 31.2 Å². The van der Waals surface area contributed by atoms with E-state index in [-0.39, 0.29) is 6.54 Å². The monoisotopic (exact) mass is 260 g/mol. The molecule has 100 valence electrons. The standard InChI is InChI=1S/C14H16N2O3/c1-3-10-4-6-11(7-5-10)8-16-13(18)9(2)12(17)15-14(16)19/h4-7,9H,3,8H2,1-2H3,(H,15,17,19). The molecule has 1 aliphatic rings. The van der Waals surface area contributed by atoms with E-state index in [1.807, 2.05) is 24.3 Å². The molecule has 1 aromatic rings. The summed E-state index contributed by atoms with van der Waals surface area (Å²) in [6.45, 7) is 3.74. The number of carbonyl (C=O) groups is 3. The molecule has 5 nitrogen and oxygen atoms in total. The Bertz CT molecular complexity index is 522. The number of hydrogen-bond donors (Lipinski definition) is 1. The van der Waals surface area contributed by atoms with E-state index in [1.54, 1.807) is 0 Å². The van der Waals surface area contributed by atoms with Crippen molar-refractivity contribution in [3.05, 3.63) is 35.4 Å². The van der Waals surface area contributed by atoms with E-state index in [9.17, 15) is 14.4 Å². The highest BCUT2D eigenvalue weighted by molar-refractivity contribution is 6.15. The third-order valence-electron chi connectivity index (χ3n) is 3.28. The predicted molar refractivity (Wildman–Crippen MR) is 69.1 cm³/mol. The number of aryl methyl sites for hydroxylation is 1. The first kappa shape index (κ1) is 13.3. The van der Waals surface area contributed by atoms with E-state index < -0.39 is 23.8 Å². The van der Waals surface area contributed by atoms with Crippen molar-refractivity contribution in [1.29, 1.82) is 0 Å². The topological polar surface area (TPSA) is 66.5 Å². The van der Waals surface area contributed by atoms with Gasteiger partial charge in [0.05, 0.1) is 6.54 Å². The minimum absolute atomic E-state index is 0.187. The lowest BCUT2D eigenvalue weighted by Crippen LogP contribution is -2.56. The van der Waals surface area contributed by atoms with Gasteiger partial charge in [-0.15, -0.1) is 0 Å². The number of carbonyl (C=O) groups excluding carboxylic acids is 3. The van der Waals surface area contributed by atoms with Gasteiger partial charge in [-0.2, -0.15) is 0 Å². The molecular weight excluding hydrogens is 244 g/mol. The van der Waals surface area contributed by atoms with Gasteiger partial charge in [0.2, 0.25) is 11.8 Å². The van der Waals surface area contributed by atoms with Crippen LogP contribution in [0.1, 0.15) is 25.0 Å². The van der Waals surface area contributed by atoms with Crippen LogP contribution in [0.5, 0.6) is 0 Å². The smallest absolute Gasteiger partial charge is 0.277 e. The molecule has 1 aromatic carbocycles. The highest BCUT2D eigenvalue weighted by atomic mass is 16.2. The van der Waals surface area contributed by atoms with Gasteiger partial charge in [-0.25, -0.2) is 4.79 Å². The van der Waals surface area contributed by atoms with Gasteiger partial charge < -0.3 is 0 Å². The Hall–Kier alpha value is -2.17. The van der Waals surface area contributed by atoms with E-state index in [2.05, 4.69) is 12.2 Å². The maximum absolute atomic E-state index is 11.9. The van der Waals surface area contributed by atoms with Crippen LogP contribution in [-0.4, -0.2) is 22.7 Å². The summed E-state index contributed by atoms with van der Waals surface area (Å²) in [7, 11) is 0. The first-order valence-electron chi connectivity index (χ1n) is 6.27. The number of amides is 4. The minimum atomic E-state index is -0.812. The molecule has 4 amide bonds. The molecule has 0 spiro atoms. The average Bonchev–Trinajstić information content (AvgIpc) is 2.42. The number of urea groups is 1. The van der Waals surface area contributed by atoms with Crippen LogP contribution in [0, 0.1) is 5.92 Å². The van der Waals surface area contributed by atoms with Crippen molar-refractivity contribution in [3.8, 4) is 0 Å². The van der Waals surface area contributed by atoms with Gasteiger partial charge in [-0.3, -0.25) is 19.8 Å². The molecule has 1 saturated heterocycles. The summed E-state index contributed by atoms with van der Waals surface area (Å²) in [5.74, 6) is -1.80. The summed E-state index contributed by atoms with van der Waals surface area (Å²) in [5, 5.41) is 2.18. The first-order chi connectivity index (χ1) is 9.02. The quantitative estimate of drug-likeness (QED) is 0.837. The maximum Gasteiger partial charge on any atom is 0.331 e. The third kappa shape index (κ3) is 2.65. The van der Waals surface area contributed by atoms with Crippen LogP contribution in [0.3, 0.4) is 0 Å². The Labute approximate surface area is 111 Å². The van der Waals surface area contributed by atoms with E-state index in [0.717, 1.165) is 16.9 Å². The predicted octanol–water partition coefficient (Wildman–Crippen LogP) is 1.46. The zero-order valence-corrected chi connectivity index (χ0v) is 11.0. The number of rotatable bonds is 3. The summed E-state index contributed by atoms with van der Waals surface area (Å²) < 4.78 is 0. The third-order valence-corrected chi connectivity index (χ3v) is 3.28. The lowest BCUT2D eigenvalue weighted by molar-refractivity contribution is -0.142. The van der Waals surface area contributed by atoms with Crippen molar-refractivity contribution in [2.45, 2.75) is 26.8 Å². The fourth-order valence-electron chi connectivity index (χ4n) is 1.94. The normalized spacial score (nSPS) is 19.6. The summed E-state index contributed by atoms with van der Waals surface area (Å²) >= 11 is 0. The molecule has 0 bridgehead atoms. The molecule has 0 aromatic heterocycles. The van der Waals surface area contributed by atoms with Crippen LogP contribution in [0.4, 0.5) is 4.79 Å². The molecule has 0 radical (unpaired) electrons. The minimum Gasteiger partial charge on any atom is -0.277 e. The molecule has 1 atom stereocenters. The van der Waals surface area contributed by atoms with Crippen molar-refractivity contribution < 1.29 is 14.4 Å². The second kappa shape index (κ2) is 5.22. The van der Waals surface area contributed by atoms with Gasteiger partial charge in [-0.05, 0) is 24.5 Å². The molecule has 2 rings (SSSR count). The van der Waals surface area contributed by atoms with Crippen LogP contribution < -0.4 is 5.32 Å². The fraction of sp³-hybridized carbons (Fsp3) is 0.357. The van der Waals surface area contributed by atoms with Crippen LogP contribution in [-0.2, 0) is 22.6 Å². The van der Waals surface area contributed by atoms with Crippen LogP contribution in [0.2, 0.25) is 0 Å². The molecule has 1 N–H and O–H groups in total. The lowest BCUT2D eigenvalue weighted by Gasteiger charge is -2.28. The Kier molecular flexibility index (Phi) is 3.64. The number of imide groups is 2. The van der Waals surface area contributed by atoms with Crippen molar-refractivity contribution in [2.75, 3.05) is 0 Å². The van der Waals surface area contributed by atoms with Crippen LogP contribution in [0.15, 0.2) is 24.3 Å². The molecule has 5 heteroatoms. The second-order valence-corrected chi connectivity index (χ2v) is 4.61. The Morgan fingerprint density at radius 2 is 1.68 bits per heavy atom. The van der Waals surface area contributed by atoms with Crippen LogP contribution in [0.25, 0.3) is 0 Å². The average molecular weight is 260 g/mol. The number of nitrogens with one attached hydrogen (secondary N) is 1. The SMILES string of the molecule is CCc1ccc(CN2C(=O)NC(=O)C(C)C2=O)cc1. The maximum atomic E-state index is 11.9. The Morgan fingerprint density at radius 3 is 2.26 bits per heavy atom. The van der Waals surface area contributed by atoms with E-state index in [1.165, 1.54) is 12.5 Å². The van der Waals surface area contributed by atoms with Gasteiger partial charge in [0.15, 0.2) is 0 Å². The summed E-state index contributed by atoms with van der Waals surface area (Å²) in [6, 6.07) is 7.07. The fourth-order valence-corrected chi connectivity index (χ4v) is 1.94. The summed E-state index contributed by atoms with van der Waals surface area (Å²) in [4.78, 5) is 36.0. The zero-order valence-electron chi connectivity index (χ0n) is 11.0. The number of nitrogens with zero attached hydrogens (tertiary/aromatic N) is 1. The van der Waals surface area contributed by atoms with E-state index in [0.29, 0.717) is 0 Å². The van der Waals surface area contributed by atoms with Gasteiger partial charge in [0, 0.05) is 0 Å². The highest BCUT2D eigenvalue weighted by Crippen LogP contribution is 2.14. The Balaban J connectivity index is 2.14. The molecular formula is C14H16N2O3. The number of hydrogen-bond acceptors (Lipinski definition) is 3. The van der Waals surface area contributed by atoms with Crippen molar-refractivity contribution in [3.63, 3.8) is 0 Å². The van der Waals surface area contributed by atoms with E-state index >= 15 is 0 Å². The Morgan fingerprint density at radius 1 is 1.11 bits per heavy atom. The summed E-state index contributed by atoms with van der Waals surface area (Å²) in [6.07, 6.45) is 0.939. The van der Waals surface area contributed by atoms with Crippen molar-refractivity contribution in [2.24, 2.45) is 5.92 Å². The first-order valence-corrected chi connectivity index (χ1v) is 6.27. The largest absolute Gasteiger partial charge is 0.331 e. The van der Waals surface area contributed by atoms with Gasteiger partial charge in [0.1, 0.15) is 5.92 Å². The molecule has 0 aliphatic carbocycles. The lowest BCUT2D eigenvalue weighted by atomic mass is 10.1.